The van der Waals surface area contributed by atoms with Gasteiger partial charge in [-0.05, 0) is 49.9 Å². The summed E-state index contributed by atoms with van der Waals surface area (Å²) in [5.41, 5.74) is 3.12. The SMILES string of the molecule is Cc1ccc(C(=O)NC2CCOCC2)cc1C. The van der Waals surface area contributed by atoms with Crippen LogP contribution in [0, 0.1) is 13.8 Å². The maximum Gasteiger partial charge on any atom is 0.251 e. The number of rotatable bonds is 2. The van der Waals surface area contributed by atoms with Crippen LogP contribution in [-0.4, -0.2) is 25.2 Å². The molecule has 0 saturated carbocycles. The number of carbonyl (C=O) groups is 1. The molecule has 1 saturated heterocycles. The molecule has 92 valence electrons. The molecular formula is C14H19NO2. The lowest BCUT2D eigenvalue weighted by Crippen LogP contribution is -2.38. The van der Waals surface area contributed by atoms with Crippen molar-refractivity contribution in [1.29, 1.82) is 0 Å². The van der Waals surface area contributed by atoms with Crippen molar-refractivity contribution in [2.45, 2.75) is 32.7 Å². The normalized spacial score (nSPS) is 16.8. The second kappa shape index (κ2) is 5.32. The number of benzene rings is 1. The summed E-state index contributed by atoms with van der Waals surface area (Å²) in [6.45, 7) is 5.58. The average Bonchev–Trinajstić information content (AvgIpc) is 2.34. The fourth-order valence-corrected chi connectivity index (χ4v) is 1.99. The molecule has 1 N–H and O–H groups in total. The topological polar surface area (TPSA) is 38.3 Å². The standard InChI is InChI=1S/C14H19NO2/c1-10-3-4-12(9-11(10)2)14(16)15-13-5-7-17-8-6-13/h3-4,9,13H,5-8H2,1-2H3,(H,15,16). The highest BCUT2D eigenvalue weighted by Gasteiger charge is 2.16. The summed E-state index contributed by atoms with van der Waals surface area (Å²) in [5.74, 6) is 0.0278. The average molecular weight is 233 g/mol. The van der Waals surface area contributed by atoms with Crippen LogP contribution in [0.3, 0.4) is 0 Å². The molecule has 0 radical (unpaired) electrons. The highest BCUT2D eigenvalue weighted by molar-refractivity contribution is 5.94. The van der Waals surface area contributed by atoms with Gasteiger partial charge in [-0.2, -0.15) is 0 Å². The number of carbonyl (C=O) groups excluding carboxylic acids is 1. The summed E-state index contributed by atoms with van der Waals surface area (Å²) in [6.07, 6.45) is 1.83. The minimum absolute atomic E-state index is 0.0278. The van der Waals surface area contributed by atoms with Gasteiger partial charge in [-0.1, -0.05) is 6.07 Å². The number of amides is 1. The van der Waals surface area contributed by atoms with Crippen LogP contribution >= 0.6 is 0 Å². The Morgan fingerprint density at radius 1 is 1.24 bits per heavy atom. The van der Waals surface area contributed by atoms with Crippen molar-refractivity contribution in [3.63, 3.8) is 0 Å². The lowest BCUT2D eigenvalue weighted by molar-refractivity contribution is 0.0696. The molecule has 0 atom stereocenters. The third-order valence-corrected chi connectivity index (χ3v) is 3.33. The lowest BCUT2D eigenvalue weighted by Gasteiger charge is -2.23. The van der Waals surface area contributed by atoms with Crippen LogP contribution < -0.4 is 5.32 Å². The maximum absolute atomic E-state index is 12.0. The van der Waals surface area contributed by atoms with Crippen LogP contribution in [-0.2, 0) is 4.74 Å². The van der Waals surface area contributed by atoms with E-state index < -0.39 is 0 Å². The maximum atomic E-state index is 12.0. The summed E-state index contributed by atoms with van der Waals surface area (Å²) in [7, 11) is 0. The zero-order valence-electron chi connectivity index (χ0n) is 10.5. The molecule has 0 aromatic heterocycles. The number of aryl methyl sites for hydroxylation is 2. The molecule has 1 aliphatic heterocycles. The smallest absolute Gasteiger partial charge is 0.251 e. The predicted molar refractivity (Wildman–Crippen MR) is 67.2 cm³/mol. The quantitative estimate of drug-likeness (QED) is 0.850. The van der Waals surface area contributed by atoms with Crippen LogP contribution in [0.2, 0.25) is 0 Å². The van der Waals surface area contributed by atoms with E-state index in [4.69, 9.17) is 4.74 Å². The van der Waals surface area contributed by atoms with Crippen molar-refractivity contribution in [1.82, 2.24) is 5.32 Å². The summed E-state index contributed by atoms with van der Waals surface area (Å²) in [5, 5.41) is 3.06. The molecule has 1 amide bonds. The Bertz CT molecular complexity index is 409. The number of nitrogens with one attached hydrogen (secondary N) is 1. The van der Waals surface area contributed by atoms with Crippen molar-refractivity contribution in [2.75, 3.05) is 13.2 Å². The van der Waals surface area contributed by atoms with E-state index >= 15 is 0 Å². The molecule has 0 aliphatic carbocycles. The van der Waals surface area contributed by atoms with Gasteiger partial charge in [0, 0.05) is 24.8 Å². The molecule has 1 aromatic rings. The molecule has 1 aliphatic rings. The molecule has 3 nitrogen and oxygen atoms in total. The predicted octanol–water partition coefficient (Wildman–Crippen LogP) is 2.21. The van der Waals surface area contributed by atoms with Gasteiger partial charge in [0.15, 0.2) is 0 Å². The third kappa shape index (κ3) is 3.07. The second-order valence-electron chi connectivity index (χ2n) is 4.66. The van der Waals surface area contributed by atoms with E-state index in [2.05, 4.69) is 12.2 Å². The monoisotopic (exact) mass is 233 g/mol. The summed E-state index contributed by atoms with van der Waals surface area (Å²) in [4.78, 5) is 12.0. The number of ether oxygens (including phenoxy) is 1. The first-order chi connectivity index (χ1) is 8.16. The van der Waals surface area contributed by atoms with Crippen molar-refractivity contribution >= 4 is 5.91 Å². The van der Waals surface area contributed by atoms with Crippen molar-refractivity contribution in [3.05, 3.63) is 34.9 Å². The van der Waals surface area contributed by atoms with Crippen molar-refractivity contribution in [3.8, 4) is 0 Å². The third-order valence-electron chi connectivity index (χ3n) is 3.33. The zero-order chi connectivity index (χ0) is 12.3. The molecule has 3 heteroatoms. The van der Waals surface area contributed by atoms with Crippen LogP contribution in [0.15, 0.2) is 18.2 Å². The molecule has 1 aromatic carbocycles. The second-order valence-corrected chi connectivity index (χ2v) is 4.66. The van der Waals surface area contributed by atoms with Crippen LogP contribution in [0.25, 0.3) is 0 Å². The van der Waals surface area contributed by atoms with E-state index in [9.17, 15) is 4.79 Å². The first kappa shape index (κ1) is 12.1. The molecule has 1 fully saturated rings. The first-order valence-electron chi connectivity index (χ1n) is 6.12. The Morgan fingerprint density at radius 2 is 1.94 bits per heavy atom. The molecule has 17 heavy (non-hydrogen) atoms. The van der Waals surface area contributed by atoms with Gasteiger partial charge in [0.1, 0.15) is 0 Å². The largest absolute Gasteiger partial charge is 0.381 e. The zero-order valence-corrected chi connectivity index (χ0v) is 10.5. The minimum atomic E-state index is 0.0278. The van der Waals surface area contributed by atoms with E-state index in [0.717, 1.165) is 37.2 Å². The Hall–Kier alpha value is -1.35. The molecular weight excluding hydrogens is 214 g/mol. The van der Waals surface area contributed by atoms with Gasteiger partial charge in [-0.3, -0.25) is 4.79 Å². The minimum Gasteiger partial charge on any atom is -0.381 e. The Morgan fingerprint density at radius 3 is 2.59 bits per heavy atom. The molecule has 0 spiro atoms. The summed E-state index contributed by atoms with van der Waals surface area (Å²) < 4.78 is 5.27. The summed E-state index contributed by atoms with van der Waals surface area (Å²) >= 11 is 0. The van der Waals surface area contributed by atoms with E-state index in [0.29, 0.717) is 0 Å². The van der Waals surface area contributed by atoms with E-state index in [-0.39, 0.29) is 11.9 Å². The first-order valence-corrected chi connectivity index (χ1v) is 6.12. The number of hydrogen-bond acceptors (Lipinski definition) is 2. The van der Waals surface area contributed by atoms with Crippen LogP contribution in [0.5, 0.6) is 0 Å². The Kier molecular flexibility index (Phi) is 3.79. The van der Waals surface area contributed by atoms with E-state index in [1.54, 1.807) is 0 Å². The van der Waals surface area contributed by atoms with Crippen molar-refractivity contribution in [2.24, 2.45) is 0 Å². The van der Waals surface area contributed by atoms with Crippen LogP contribution in [0.4, 0.5) is 0 Å². The summed E-state index contributed by atoms with van der Waals surface area (Å²) in [6, 6.07) is 6.09. The highest BCUT2D eigenvalue weighted by Crippen LogP contribution is 2.11. The van der Waals surface area contributed by atoms with Crippen LogP contribution in [0.1, 0.15) is 34.3 Å². The molecule has 2 rings (SSSR count). The fraction of sp³-hybridized carbons (Fsp3) is 0.500. The van der Waals surface area contributed by atoms with Gasteiger partial charge >= 0.3 is 0 Å². The van der Waals surface area contributed by atoms with Gasteiger partial charge in [0.2, 0.25) is 0 Å². The van der Waals surface area contributed by atoms with E-state index in [1.807, 2.05) is 25.1 Å². The lowest BCUT2D eigenvalue weighted by atomic mass is 10.0. The van der Waals surface area contributed by atoms with Crippen molar-refractivity contribution < 1.29 is 9.53 Å². The molecule has 0 bridgehead atoms. The highest BCUT2D eigenvalue weighted by atomic mass is 16.5. The van der Waals surface area contributed by atoms with Gasteiger partial charge in [-0.25, -0.2) is 0 Å². The fourth-order valence-electron chi connectivity index (χ4n) is 1.99. The number of hydrogen-bond donors (Lipinski definition) is 1. The molecule has 0 unspecified atom stereocenters. The van der Waals surface area contributed by atoms with E-state index in [1.165, 1.54) is 5.56 Å². The van der Waals surface area contributed by atoms with Gasteiger partial charge in [0.25, 0.3) is 5.91 Å². The molecule has 1 heterocycles. The van der Waals surface area contributed by atoms with Gasteiger partial charge < -0.3 is 10.1 Å². The van der Waals surface area contributed by atoms with Gasteiger partial charge in [0.05, 0.1) is 0 Å². The van der Waals surface area contributed by atoms with Gasteiger partial charge in [-0.15, -0.1) is 0 Å². The Balaban J connectivity index is 2.01. The Labute approximate surface area is 102 Å².